The monoisotopic (exact) mass is 237 g/mol. The summed E-state index contributed by atoms with van der Waals surface area (Å²) in [5.74, 6) is -0.862. The summed E-state index contributed by atoms with van der Waals surface area (Å²) in [6.07, 6.45) is -0.0209. The zero-order valence-corrected chi connectivity index (χ0v) is 9.63. The van der Waals surface area contributed by atoms with Crippen LogP contribution >= 0.6 is 0 Å². The van der Waals surface area contributed by atoms with Gasteiger partial charge in [-0.05, 0) is 28.8 Å². The first-order valence-corrected chi connectivity index (χ1v) is 5.51. The Hall–Kier alpha value is -2.60. The van der Waals surface area contributed by atoms with Crippen LogP contribution in [0.5, 0.6) is 0 Å². The molecule has 1 N–H and O–H groups in total. The van der Waals surface area contributed by atoms with Crippen LogP contribution in [0.4, 0.5) is 0 Å². The number of aliphatic carboxylic acids is 1. The minimum Gasteiger partial charge on any atom is -0.481 e. The first kappa shape index (κ1) is 11.9. The molecule has 2 aromatic rings. The van der Waals surface area contributed by atoms with Gasteiger partial charge in [-0.15, -0.1) is 0 Å². The zero-order valence-electron chi connectivity index (χ0n) is 9.63. The number of hydrogen-bond donors (Lipinski definition) is 1. The van der Waals surface area contributed by atoms with E-state index < -0.39 is 5.97 Å². The minimum absolute atomic E-state index is 0.0209. The predicted molar refractivity (Wildman–Crippen MR) is 67.9 cm³/mol. The van der Waals surface area contributed by atoms with Crippen molar-refractivity contribution in [1.82, 2.24) is 0 Å². The average molecular weight is 237 g/mol. The van der Waals surface area contributed by atoms with Crippen LogP contribution < -0.4 is 0 Å². The largest absolute Gasteiger partial charge is 0.481 e. The molecule has 0 aromatic heterocycles. The minimum atomic E-state index is -0.862. The topological polar surface area (TPSA) is 61.1 Å². The molecule has 0 heterocycles. The fourth-order valence-electron chi connectivity index (χ4n) is 1.88. The molecule has 0 unspecified atom stereocenters. The van der Waals surface area contributed by atoms with Crippen LogP contribution in [-0.4, -0.2) is 11.1 Å². The van der Waals surface area contributed by atoms with Crippen molar-refractivity contribution in [1.29, 1.82) is 5.26 Å². The summed E-state index contributed by atoms with van der Waals surface area (Å²) < 4.78 is 0. The molecule has 0 bridgehead atoms. The second-order valence-electron chi connectivity index (χ2n) is 3.92. The molecule has 0 aliphatic heterocycles. The van der Waals surface area contributed by atoms with Crippen LogP contribution in [-0.2, 0) is 11.2 Å². The maximum absolute atomic E-state index is 10.8. The Balaban J connectivity index is 2.50. The van der Waals surface area contributed by atoms with E-state index in [0.717, 1.165) is 16.7 Å². The molecule has 2 aromatic carbocycles. The maximum Gasteiger partial charge on any atom is 0.307 e. The number of carboxylic acids is 1. The van der Waals surface area contributed by atoms with Crippen LogP contribution in [0.25, 0.3) is 11.1 Å². The van der Waals surface area contributed by atoms with Gasteiger partial charge in [-0.25, -0.2) is 0 Å². The van der Waals surface area contributed by atoms with Crippen molar-refractivity contribution in [3.05, 3.63) is 59.7 Å². The number of nitriles is 1. The number of hydrogen-bond acceptors (Lipinski definition) is 2. The molecule has 0 aliphatic rings. The van der Waals surface area contributed by atoms with E-state index in [4.69, 9.17) is 10.4 Å². The summed E-state index contributed by atoms with van der Waals surface area (Å²) in [4.78, 5) is 10.8. The zero-order chi connectivity index (χ0) is 13.0. The van der Waals surface area contributed by atoms with Crippen LogP contribution in [0, 0.1) is 11.3 Å². The van der Waals surface area contributed by atoms with Crippen molar-refractivity contribution in [3.8, 4) is 17.2 Å². The van der Waals surface area contributed by atoms with E-state index in [-0.39, 0.29) is 6.42 Å². The van der Waals surface area contributed by atoms with E-state index in [1.54, 1.807) is 24.3 Å². The molecule has 0 radical (unpaired) electrons. The fraction of sp³-hybridized carbons (Fsp3) is 0.0667. The van der Waals surface area contributed by atoms with E-state index in [2.05, 4.69) is 6.07 Å². The molecular formula is C15H11NO2. The van der Waals surface area contributed by atoms with Gasteiger partial charge < -0.3 is 5.11 Å². The SMILES string of the molecule is N#Cc1cccc(-c2ccccc2CC(=O)O)c1. The van der Waals surface area contributed by atoms with Gasteiger partial charge in [-0.1, -0.05) is 36.4 Å². The predicted octanol–water partition coefficient (Wildman–Crippen LogP) is 2.85. The lowest BCUT2D eigenvalue weighted by atomic mass is 9.96. The fourth-order valence-corrected chi connectivity index (χ4v) is 1.88. The van der Waals surface area contributed by atoms with Crippen molar-refractivity contribution in [3.63, 3.8) is 0 Å². The van der Waals surface area contributed by atoms with Gasteiger partial charge in [-0.2, -0.15) is 5.26 Å². The van der Waals surface area contributed by atoms with Gasteiger partial charge in [0.1, 0.15) is 0 Å². The normalized spacial score (nSPS) is 9.72. The summed E-state index contributed by atoms with van der Waals surface area (Å²) in [6.45, 7) is 0. The third-order valence-electron chi connectivity index (χ3n) is 2.66. The molecular weight excluding hydrogens is 226 g/mol. The van der Waals surface area contributed by atoms with Crippen LogP contribution in [0.2, 0.25) is 0 Å². The number of rotatable bonds is 3. The number of carboxylic acid groups (broad SMARTS) is 1. The summed E-state index contributed by atoms with van der Waals surface area (Å²) >= 11 is 0. The van der Waals surface area contributed by atoms with Crippen LogP contribution in [0.15, 0.2) is 48.5 Å². The highest BCUT2D eigenvalue weighted by atomic mass is 16.4. The van der Waals surface area contributed by atoms with E-state index in [0.29, 0.717) is 5.56 Å². The van der Waals surface area contributed by atoms with Gasteiger partial charge in [0.2, 0.25) is 0 Å². The maximum atomic E-state index is 10.8. The smallest absolute Gasteiger partial charge is 0.307 e. The Morgan fingerprint density at radius 1 is 1.17 bits per heavy atom. The third-order valence-corrected chi connectivity index (χ3v) is 2.66. The molecule has 0 atom stereocenters. The Morgan fingerprint density at radius 2 is 1.94 bits per heavy atom. The van der Waals surface area contributed by atoms with Gasteiger partial charge >= 0.3 is 5.97 Å². The Morgan fingerprint density at radius 3 is 2.67 bits per heavy atom. The van der Waals surface area contributed by atoms with Gasteiger partial charge in [0.15, 0.2) is 0 Å². The summed E-state index contributed by atoms with van der Waals surface area (Å²) in [6, 6.07) is 16.6. The van der Waals surface area contributed by atoms with Crippen molar-refractivity contribution in [2.24, 2.45) is 0 Å². The molecule has 2 rings (SSSR count). The highest BCUT2D eigenvalue weighted by Gasteiger charge is 2.08. The van der Waals surface area contributed by atoms with Crippen molar-refractivity contribution in [2.45, 2.75) is 6.42 Å². The van der Waals surface area contributed by atoms with Gasteiger partial charge in [0.05, 0.1) is 18.1 Å². The molecule has 3 heteroatoms. The molecule has 88 valence electrons. The Kier molecular flexibility index (Phi) is 3.40. The standard InChI is InChI=1S/C15H11NO2/c16-10-11-4-3-6-12(8-11)14-7-2-1-5-13(14)9-15(17)18/h1-8H,9H2,(H,17,18). The Bertz CT molecular complexity index is 626. The summed E-state index contributed by atoms with van der Waals surface area (Å²) in [7, 11) is 0. The molecule has 0 saturated heterocycles. The summed E-state index contributed by atoms with van der Waals surface area (Å²) in [5.41, 5.74) is 3.04. The number of nitrogens with zero attached hydrogens (tertiary/aromatic N) is 1. The van der Waals surface area contributed by atoms with Crippen LogP contribution in [0.3, 0.4) is 0 Å². The van der Waals surface area contributed by atoms with E-state index >= 15 is 0 Å². The van der Waals surface area contributed by atoms with Gasteiger partial charge in [0, 0.05) is 0 Å². The summed E-state index contributed by atoms with van der Waals surface area (Å²) in [5, 5.41) is 17.8. The Labute approximate surface area is 105 Å². The molecule has 0 aliphatic carbocycles. The van der Waals surface area contributed by atoms with Crippen molar-refractivity contribution < 1.29 is 9.90 Å². The number of carbonyl (C=O) groups is 1. The first-order valence-electron chi connectivity index (χ1n) is 5.51. The second-order valence-corrected chi connectivity index (χ2v) is 3.92. The third kappa shape index (κ3) is 2.55. The lowest BCUT2D eigenvalue weighted by molar-refractivity contribution is -0.136. The lowest BCUT2D eigenvalue weighted by Gasteiger charge is -2.08. The highest BCUT2D eigenvalue weighted by molar-refractivity contribution is 5.77. The molecule has 0 spiro atoms. The molecule has 0 saturated carbocycles. The van der Waals surface area contributed by atoms with Crippen LogP contribution in [0.1, 0.15) is 11.1 Å². The van der Waals surface area contributed by atoms with E-state index in [1.165, 1.54) is 0 Å². The van der Waals surface area contributed by atoms with E-state index in [9.17, 15) is 4.79 Å². The average Bonchev–Trinajstić information content (AvgIpc) is 2.39. The molecule has 18 heavy (non-hydrogen) atoms. The molecule has 3 nitrogen and oxygen atoms in total. The van der Waals surface area contributed by atoms with E-state index in [1.807, 2.05) is 24.3 Å². The number of benzene rings is 2. The van der Waals surface area contributed by atoms with Crippen molar-refractivity contribution in [2.75, 3.05) is 0 Å². The van der Waals surface area contributed by atoms with Crippen molar-refractivity contribution >= 4 is 5.97 Å². The second kappa shape index (κ2) is 5.15. The molecule has 0 fully saturated rings. The van der Waals surface area contributed by atoms with Gasteiger partial charge in [-0.3, -0.25) is 4.79 Å². The van der Waals surface area contributed by atoms with Gasteiger partial charge in [0.25, 0.3) is 0 Å². The molecule has 0 amide bonds. The highest BCUT2D eigenvalue weighted by Crippen LogP contribution is 2.24. The first-order chi connectivity index (χ1) is 8.70. The lowest BCUT2D eigenvalue weighted by Crippen LogP contribution is -2.01. The quantitative estimate of drug-likeness (QED) is 0.892.